The molecule has 2 aliphatic rings. The molecule has 0 radical (unpaired) electrons. The lowest BCUT2D eigenvalue weighted by molar-refractivity contribution is -0.158. The van der Waals surface area contributed by atoms with E-state index in [4.69, 9.17) is 5.73 Å². The highest BCUT2D eigenvalue weighted by molar-refractivity contribution is 7.13. The summed E-state index contributed by atoms with van der Waals surface area (Å²) in [6, 6.07) is 0. The Morgan fingerprint density at radius 3 is 2.88 bits per heavy atom. The molecule has 1 aliphatic carbocycles. The van der Waals surface area contributed by atoms with E-state index in [2.05, 4.69) is 4.98 Å². The topological polar surface area (TPSA) is 79.5 Å². The second kappa shape index (κ2) is 3.68. The van der Waals surface area contributed by atoms with E-state index in [9.17, 15) is 9.90 Å². The van der Waals surface area contributed by atoms with E-state index in [1.807, 2.05) is 0 Å². The summed E-state index contributed by atoms with van der Waals surface area (Å²) in [6.07, 6.45) is 2.48. The lowest BCUT2D eigenvalue weighted by atomic mass is 9.88. The molecule has 1 amide bonds. The highest BCUT2D eigenvalue weighted by atomic mass is 32.1. The summed E-state index contributed by atoms with van der Waals surface area (Å²) in [6.45, 7) is 0.965. The van der Waals surface area contributed by atoms with E-state index >= 15 is 0 Å². The molecule has 5 nitrogen and oxygen atoms in total. The highest BCUT2D eigenvalue weighted by Crippen LogP contribution is 2.44. The number of nitrogens with two attached hydrogens (primary N) is 1. The number of aliphatic hydroxyl groups is 1. The Labute approximate surface area is 103 Å². The first-order valence-electron chi connectivity index (χ1n) is 5.77. The van der Waals surface area contributed by atoms with Gasteiger partial charge in [-0.2, -0.15) is 0 Å². The molecule has 2 heterocycles. The van der Waals surface area contributed by atoms with Crippen LogP contribution in [0.4, 0.5) is 5.13 Å². The number of β-amino-alcohol motifs (C(OH)–C–C–N with tert-alkyl or cyclic N) is 1. The predicted octanol–water partition coefficient (Wildman–Crippen LogP) is 0.251. The third-order valence-corrected chi connectivity index (χ3v) is 4.24. The molecule has 0 bridgehead atoms. The summed E-state index contributed by atoms with van der Waals surface area (Å²) < 4.78 is 0. The monoisotopic (exact) mass is 253 g/mol. The fourth-order valence-corrected chi connectivity index (χ4v) is 2.90. The Morgan fingerprint density at radius 1 is 1.65 bits per heavy atom. The van der Waals surface area contributed by atoms with Gasteiger partial charge in [0.15, 0.2) is 5.13 Å². The number of aromatic nitrogens is 1. The van der Waals surface area contributed by atoms with Gasteiger partial charge in [-0.25, -0.2) is 4.98 Å². The summed E-state index contributed by atoms with van der Waals surface area (Å²) in [5, 5.41) is 12.4. The Hall–Kier alpha value is -1.14. The van der Waals surface area contributed by atoms with Crippen molar-refractivity contribution in [1.29, 1.82) is 0 Å². The zero-order chi connectivity index (χ0) is 12.0. The van der Waals surface area contributed by atoms with Crippen LogP contribution in [0.15, 0.2) is 5.38 Å². The van der Waals surface area contributed by atoms with Gasteiger partial charge in [0.1, 0.15) is 5.60 Å². The molecule has 1 aliphatic heterocycles. The number of thiazole rings is 1. The molecule has 1 aromatic heterocycles. The normalized spacial score (nSPS) is 22.3. The van der Waals surface area contributed by atoms with Gasteiger partial charge in [-0.05, 0) is 18.8 Å². The molecule has 3 N–H and O–H groups in total. The lowest BCUT2D eigenvalue weighted by Gasteiger charge is -2.47. The number of likely N-dealkylation sites (tertiary alicyclic amines) is 1. The average Bonchev–Trinajstić information content (AvgIpc) is 3.00. The van der Waals surface area contributed by atoms with Crippen LogP contribution in [0, 0.1) is 5.92 Å². The maximum absolute atomic E-state index is 11.9. The number of hydrogen-bond acceptors (Lipinski definition) is 5. The Bertz CT molecular complexity index is 449. The van der Waals surface area contributed by atoms with Crippen molar-refractivity contribution in [2.45, 2.75) is 24.9 Å². The lowest BCUT2D eigenvalue weighted by Crippen LogP contribution is -2.65. The van der Waals surface area contributed by atoms with Crippen molar-refractivity contribution >= 4 is 22.4 Å². The summed E-state index contributed by atoms with van der Waals surface area (Å²) in [5.41, 5.74) is 5.63. The molecule has 0 unspecified atom stereocenters. The highest BCUT2D eigenvalue weighted by Gasteiger charge is 2.53. The molecule has 0 atom stereocenters. The first-order valence-corrected chi connectivity index (χ1v) is 6.65. The number of amides is 1. The molecule has 17 heavy (non-hydrogen) atoms. The molecule has 1 saturated carbocycles. The van der Waals surface area contributed by atoms with Crippen LogP contribution in [0.2, 0.25) is 0 Å². The van der Waals surface area contributed by atoms with Gasteiger partial charge in [-0.1, -0.05) is 0 Å². The van der Waals surface area contributed by atoms with Crippen LogP contribution in [0.5, 0.6) is 0 Å². The summed E-state index contributed by atoms with van der Waals surface area (Å²) in [5.74, 6) is 0.446. The van der Waals surface area contributed by atoms with Gasteiger partial charge in [-0.3, -0.25) is 4.79 Å². The first-order chi connectivity index (χ1) is 8.07. The van der Waals surface area contributed by atoms with Crippen LogP contribution in [-0.4, -0.2) is 39.6 Å². The second-order valence-electron chi connectivity index (χ2n) is 4.98. The van der Waals surface area contributed by atoms with E-state index in [0.717, 1.165) is 18.5 Å². The number of anilines is 1. The van der Waals surface area contributed by atoms with E-state index in [1.54, 1.807) is 10.3 Å². The molecule has 92 valence electrons. The van der Waals surface area contributed by atoms with E-state index < -0.39 is 5.60 Å². The summed E-state index contributed by atoms with van der Waals surface area (Å²) in [7, 11) is 0. The van der Waals surface area contributed by atoms with Gasteiger partial charge in [0.05, 0.1) is 25.2 Å². The number of rotatable bonds is 3. The summed E-state index contributed by atoms with van der Waals surface area (Å²) in [4.78, 5) is 17.6. The van der Waals surface area contributed by atoms with Crippen LogP contribution in [0.1, 0.15) is 18.5 Å². The molecule has 0 spiro atoms. The number of nitrogens with zero attached hydrogens (tertiary/aromatic N) is 2. The zero-order valence-electron chi connectivity index (χ0n) is 9.43. The van der Waals surface area contributed by atoms with Gasteiger partial charge in [0.25, 0.3) is 0 Å². The van der Waals surface area contributed by atoms with E-state index in [0.29, 0.717) is 24.1 Å². The van der Waals surface area contributed by atoms with Crippen LogP contribution >= 0.6 is 11.3 Å². The largest absolute Gasteiger partial charge is 0.386 e. The molecule has 1 saturated heterocycles. The van der Waals surface area contributed by atoms with Gasteiger partial charge >= 0.3 is 0 Å². The van der Waals surface area contributed by atoms with Crippen LogP contribution in [0.3, 0.4) is 0 Å². The molecule has 0 aromatic carbocycles. The smallest absolute Gasteiger partial charge is 0.228 e. The maximum atomic E-state index is 11.9. The number of carbonyl (C=O) groups excluding carboxylic acids is 1. The maximum Gasteiger partial charge on any atom is 0.228 e. The quantitative estimate of drug-likeness (QED) is 0.809. The number of hydrogen-bond donors (Lipinski definition) is 2. The Morgan fingerprint density at radius 2 is 2.35 bits per heavy atom. The zero-order valence-corrected chi connectivity index (χ0v) is 10.2. The molecule has 1 aromatic rings. The fraction of sp³-hybridized carbons (Fsp3) is 0.636. The number of nitrogen functional groups attached to an aromatic ring is 1. The van der Waals surface area contributed by atoms with E-state index in [1.165, 1.54) is 11.3 Å². The van der Waals surface area contributed by atoms with Gasteiger partial charge in [-0.15, -0.1) is 11.3 Å². The summed E-state index contributed by atoms with van der Waals surface area (Å²) >= 11 is 1.34. The van der Waals surface area contributed by atoms with Gasteiger partial charge < -0.3 is 15.7 Å². The number of carbonyl (C=O) groups is 1. The van der Waals surface area contributed by atoms with Crippen molar-refractivity contribution in [3.63, 3.8) is 0 Å². The minimum atomic E-state index is -0.600. The average molecular weight is 253 g/mol. The minimum Gasteiger partial charge on any atom is -0.386 e. The van der Waals surface area contributed by atoms with Crippen LogP contribution in [0.25, 0.3) is 0 Å². The first kappa shape index (κ1) is 11.0. The minimum absolute atomic E-state index is 0.0284. The van der Waals surface area contributed by atoms with Crippen molar-refractivity contribution in [2.24, 2.45) is 5.92 Å². The molecule has 2 fully saturated rings. The Balaban J connectivity index is 1.54. The van der Waals surface area contributed by atoms with Crippen molar-refractivity contribution in [3.05, 3.63) is 11.1 Å². The van der Waals surface area contributed by atoms with Crippen LogP contribution in [-0.2, 0) is 11.2 Å². The van der Waals surface area contributed by atoms with Crippen molar-refractivity contribution in [3.8, 4) is 0 Å². The van der Waals surface area contributed by atoms with Crippen molar-refractivity contribution in [2.75, 3.05) is 18.8 Å². The van der Waals surface area contributed by atoms with Crippen molar-refractivity contribution < 1.29 is 9.90 Å². The molecular formula is C11H15N3O2S. The standard InChI is InChI=1S/C11H15N3O2S/c12-10-13-8(4-17-10)3-9(15)14-5-11(16,6-14)7-1-2-7/h4,7,16H,1-3,5-6H2,(H2,12,13). The van der Waals surface area contributed by atoms with Crippen molar-refractivity contribution in [1.82, 2.24) is 9.88 Å². The Kier molecular flexibility index (Phi) is 2.38. The van der Waals surface area contributed by atoms with Gasteiger partial charge in [0, 0.05) is 5.38 Å². The fourth-order valence-electron chi connectivity index (χ4n) is 2.34. The van der Waals surface area contributed by atoms with Crippen LogP contribution < -0.4 is 5.73 Å². The molecule has 3 rings (SSSR count). The predicted molar refractivity (Wildman–Crippen MR) is 64.5 cm³/mol. The third kappa shape index (κ3) is 2.02. The SMILES string of the molecule is Nc1nc(CC(=O)N2CC(O)(C3CC3)C2)cs1. The molecule has 6 heteroatoms. The van der Waals surface area contributed by atoms with E-state index in [-0.39, 0.29) is 12.3 Å². The third-order valence-electron chi connectivity index (χ3n) is 3.52. The second-order valence-corrected chi connectivity index (χ2v) is 5.87. The molecular weight excluding hydrogens is 238 g/mol. The van der Waals surface area contributed by atoms with Gasteiger partial charge in [0.2, 0.25) is 5.91 Å².